The van der Waals surface area contributed by atoms with Crippen molar-refractivity contribution in [3.8, 4) is 0 Å². The number of hydrogen-bond donors (Lipinski definition) is 1. The molecule has 2 aliphatic heterocycles. The fourth-order valence-electron chi connectivity index (χ4n) is 2.81. The quantitative estimate of drug-likeness (QED) is 0.867. The molecule has 5 nitrogen and oxygen atoms in total. The van der Waals surface area contributed by atoms with Crippen molar-refractivity contribution in [2.75, 3.05) is 0 Å². The molecule has 100 valence electrons. The van der Waals surface area contributed by atoms with E-state index in [2.05, 4.69) is 29.3 Å². The molecule has 2 aliphatic rings. The molecule has 0 amide bonds. The van der Waals surface area contributed by atoms with E-state index >= 15 is 0 Å². The van der Waals surface area contributed by atoms with Crippen molar-refractivity contribution in [3.05, 3.63) is 11.7 Å². The first-order valence-corrected chi connectivity index (χ1v) is 6.97. The maximum Gasteiger partial charge on any atom is 0.240 e. The van der Waals surface area contributed by atoms with Gasteiger partial charge in [-0.05, 0) is 32.6 Å². The van der Waals surface area contributed by atoms with Crippen LogP contribution in [-0.2, 0) is 11.3 Å². The van der Waals surface area contributed by atoms with Crippen LogP contribution in [0.25, 0.3) is 0 Å². The Morgan fingerprint density at radius 1 is 1.44 bits per heavy atom. The first-order chi connectivity index (χ1) is 8.76. The second kappa shape index (κ2) is 4.97. The zero-order valence-corrected chi connectivity index (χ0v) is 11.1. The van der Waals surface area contributed by atoms with Crippen molar-refractivity contribution in [2.45, 2.75) is 70.2 Å². The summed E-state index contributed by atoms with van der Waals surface area (Å²) in [5.74, 6) is 1.88. The molecule has 18 heavy (non-hydrogen) atoms. The van der Waals surface area contributed by atoms with Gasteiger partial charge in [-0.2, -0.15) is 4.98 Å². The van der Waals surface area contributed by atoms with E-state index in [0.29, 0.717) is 36.6 Å². The van der Waals surface area contributed by atoms with E-state index in [9.17, 15) is 0 Å². The van der Waals surface area contributed by atoms with Gasteiger partial charge in [0.05, 0.1) is 24.7 Å². The van der Waals surface area contributed by atoms with Gasteiger partial charge in [-0.3, -0.25) is 0 Å². The summed E-state index contributed by atoms with van der Waals surface area (Å²) >= 11 is 0. The van der Waals surface area contributed by atoms with E-state index in [1.54, 1.807) is 0 Å². The van der Waals surface area contributed by atoms with Crippen LogP contribution in [0.3, 0.4) is 0 Å². The van der Waals surface area contributed by atoms with E-state index < -0.39 is 0 Å². The summed E-state index contributed by atoms with van der Waals surface area (Å²) in [5.41, 5.74) is 0. The van der Waals surface area contributed by atoms with Gasteiger partial charge in [0.2, 0.25) is 5.89 Å². The number of nitrogens with one attached hydrogen (secondary N) is 1. The van der Waals surface area contributed by atoms with Crippen LogP contribution in [0, 0.1) is 0 Å². The molecule has 4 unspecified atom stereocenters. The summed E-state index contributed by atoms with van der Waals surface area (Å²) in [7, 11) is 0. The number of ether oxygens (including phenoxy) is 1. The zero-order valence-electron chi connectivity index (χ0n) is 11.1. The zero-order chi connectivity index (χ0) is 12.5. The third kappa shape index (κ3) is 2.29. The van der Waals surface area contributed by atoms with Crippen LogP contribution in [0.4, 0.5) is 0 Å². The first kappa shape index (κ1) is 12.1. The maximum absolute atomic E-state index is 5.83. The van der Waals surface area contributed by atoms with Crippen molar-refractivity contribution in [1.82, 2.24) is 15.5 Å². The Morgan fingerprint density at radius 3 is 3.00 bits per heavy atom. The lowest BCUT2D eigenvalue weighted by atomic mass is 9.89. The second-order valence-electron chi connectivity index (χ2n) is 5.45. The lowest BCUT2D eigenvalue weighted by Gasteiger charge is -2.13. The van der Waals surface area contributed by atoms with Gasteiger partial charge in [-0.15, -0.1) is 0 Å². The average molecular weight is 251 g/mol. The lowest BCUT2D eigenvalue weighted by molar-refractivity contribution is 0.0996. The van der Waals surface area contributed by atoms with E-state index in [0.717, 1.165) is 25.1 Å². The van der Waals surface area contributed by atoms with Crippen LogP contribution in [0.1, 0.15) is 57.2 Å². The van der Waals surface area contributed by atoms with Crippen LogP contribution in [-0.4, -0.2) is 28.4 Å². The fraction of sp³-hybridized carbons (Fsp3) is 0.846. The van der Waals surface area contributed by atoms with Crippen LogP contribution in [0.15, 0.2) is 4.52 Å². The number of rotatable bonds is 5. The maximum atomic E-state index is 5.83. The molecule has 3 heterocycles. The Labute approximate surface area is 107 Å². The molecule has 0 spiro atoms. The third-order valence-corrected chi connectivity index (χ3v) is 4.14. The van der Waals surface area contributed by atoms with Gasteiger partial charge < -0.3 is 14.6 Å². The highest BCUT2D eigenvalue weighted by Crippen LogP contribution is 2.43. The van der Waals surface area contributed by atoms with Crippen LogP contribution in [0.2, 0.25) is 0 Å². The monoisotopic (exact) mass is 251 g/mol. The Kier molecular flexibility index (Phi) is 3.35. The molecule has 1 aromatic heterocycles. The highest BCUT2D eigenvalue weighted by molar-refractivity contribution is 5.06. The SMILES string of the molecule is CCC(C)NCc1nc(C2CC3CCC2O3)no1. The fourth-order valence-corrected chi connectivity index (χ4v) is 2.81. The summed E-state index contributed by atoms with van der Waals surface area (Å²) in [6.45, 7) is 4.97. The highest BCUT2D eigenvalue weighted by atomic mass is 16.5. The number of aromatic nitrogens is 2. The Bertz CT molecular complexity index is 407. The minimum Gasteiger partial charge on any atom is -0.374 e. The van der Waals surface area contributed by atoms with Crippen molar-refractivity contribution in [1.29, 1.82) is 0 Å². The molecular formula is C13H21N3O2. The van der Waals surface area contributed by atoms with Crippen molar-refractivity contribution in [2.24, 2.45) is 0 Å². The smallest absolute Gasteiger partial charge is 0.240 e. The number of fused-ring (bicyclic) bond motifs is 2. The number of nitrogens with zero attached hydrogens (tertiary/aromatic N) is 2. The first-order valence-electron chi connectivity index (χ1n) is 6.97. The van der Waals surface area contributed by atoms with Gasteiger partial charge >= 0.3 is 0 Å². The van der Waals surface area contributed by atoms with Gasteiger partial charge in [0.1, 0.15) is 0 Å². The largest absolute Gasteiger partial charge is 0.374 e. The molecule has 0 saturated carbocycles. The molecule has 0 aromatic carbocycles. The van der Waals surface area contributed by atoms with Crippen molar-refractivity contribution < 1.29 is 9.26 Å². The van der Waals surface area contributed by atoms with Gasteiger partial charge in [0, 0.05) is 6.04 Å². The topological polar surface area (TPSA) is 60.2 Å². The van der Waals surface area contributed by atoms with Crippen LogP contribution < -0.4 is 5.32 Å². The third-order valence-electron chi connectivity index (χ3n) is 4.14. The lowest BCUT2D eigenvalue weighted by Crippen LogP contribution is -2.24. The van der Waals surface area contributed by atoms with Crippen LogP contribution >= 0.6 is 0 Å². The van der Waals surface area contributed by atoms with E-state index in [1.807, 2.05) is 0 Å². The molecule has 0 aliphatic carbocycles. The molecule has 0 radical (unpaired) electrons. The van der Waals surface area contributed by atoms with Gasteiger partial charge in [0.15, 0.2) is 5.82 Å². The Balaban J connectivity index is 1.60. The minimum absolute atomic E-state index is 0.322. The summed E-state index contributed by atoms with van der Waals surface area (Å²) in [6.07, 6.45) is 5.25. The van der Waals surface area contributed by atoms with Gasteiger partial charge in [0.25, 0.3) is 0 Å². The standard InChI is InChI=1S/C13H21N3O2/c1-3-8(2)14-7-12-15-13(16-18-12)10-6-9-4-5-11(10)17-9/h8-11,14H,3-7H2,1-2H3. The van der Waals surface area contributed by atoms with Crippen molar-refractivity contribution >= 4 is 0 Å². The molecule has 3 rings (SSSR count). The summed E-state index contributed by atoms with van der Waals surface area (Å²) in [4.78, 5) is 4.50. The minimum atomic E-state index is 0.322. The summed E-state index contributed by atoms with van der Waals surface area (Å²) in [5, 5.41) is 7.47. The Morgan fingerprint density at radius 2 is 2.33 bits per heavy atom. The Hall–Kier alpha value is -0.940. The predicted octanol–water partition coefficient (Wildman–Crippen LogP) is 1.99. The van der Waals surface area contributed by atoms with E-state index in [1.165, 1.54) is 6.42 Å². The second-order valence-corrected chi connectivity index (χ2v) is 5.45. The molecule has 1 aromatic rings. The number of hydrogen-bond acceptors (Lipinski definition) is 5. The molecule has 2 bridgehead atoms. The molecule has 1 N–H and O–H groups in total. The molecule has 2 fully saturated rings. The molecular weight excluding hydrogens is 230 g/mol. The molecule has 5 heteroatoms. The average Bonchev–Trinajstić information content (AvgIpc) is 3.10. The highest BCUT2D eigenvalue weighted by Gasteiger charge is 2.43. The molecule has 2 saturated heterocycles. The van der Waals surface area contributed by atoms with E-state index in [-0.39, 0.29) is 0 Å². The van der Waals surface area contributed by atoms with Crippen molar-refractivity contribution in [3.63, 3.8) is 0 Å². The predicted molar refractivity (Wildman–Crippen MR) is 66.1 cm³/mol. The normalized spacial score (nSPS) is 32.0. The van der Waals surface area contributed by atoms with E-state index in [4.69, 9.17) is 9.26 Å². The van der Waals surface area contributed by atoms with Gasteiger partial charge in [-0.1, -0.05) is 12.1 Å². The van der Waals surface area contributed by atoms with Gasteiger partial charge in [-0.25, -0.2) is 0 Å². The molecule has 4 atom stereocenters. The van der Waals surface area contributed by atoms with Crippen LogP contribution in [0.5, 0.6) is 0 Å². The summed E-state index contributed by atoms with van der Waals surface area (Å²) in [6, 6.07) is 0.478. The summed E-state index contributed by atoms with van der Waals surface area (Å²) < 4.78 is 11.1.